The Kier molecular flexibility index (Phi) is 3.87. The van der Waals surface area contributed by atoms with Crippen LogP contribution in [0.1, 0.15) is 17.0 Å². The molecule has 0 N–H and O–H groups in total. The molecule has 0 spiro atoms. The van der Waals surface area contributed by atoms with Crippen molar-refractivity contribution in [3.05, 3.63) is 46.5 Å². The zero-order valence-electron chi connectivity index (χ0n) is 12.1. The van der Waals surface area contributed by atoms with Gasteiger partial charge in [0.25, 0.3) is 0 Å². The Hall–Kier alpha value is -1.59. The molecule has 0 aliphatic heterocycles. The predicted octanol–water partition coefficient (Wildman–Crippen LogP) is 3.93. The van der Waals surface area contributed by atoms with Crippen LogP contribution >= 0.6 is 23.4 Å². The summed E-state index contributed by atoms with van der Waals surface area (Å²) in [6.45, 7) is 4.23. The average Bonchev–Trinajstić information content (AvgIpc) is 2.83. The van der Waals surface area contributed by atoms with E-state index >= 15 is 0 Å². The molecule has 108 valence electrons. The predicted molar refractivity (Wildman–Crippen MR) is 86.8 cm³/mol. The zero-order chi connectivity index (χ0) is 15.0. The van der Waals surface area contributed by atoms with Crippen LogP contribution in [0.15, 0.2) is 29.3 Å². The van der Waals surface area contributed by atoms with Crippen LogP contribution in [-0.4, -0.2) is 19.7 Å². The molecule has 0 saturated heterocycles. The second-order valence-corrected chi connectivity index (χ2v) is 6.38. The Morgan fingerprint density at radius 3 is 2.76 bits per heavy atom. The number of hydrogen-bond acceptors (Lipinski definition) is 4. The Balaban J connectivity index is 1.84. The summed E-state index contributed by atoms with van der Waals surface area (Å²) in [6, 6.07) is 6.44. The minimum atomic E-state index is 0.462. The Morgan fingerprint density at radius 1 is 1.19 bits per heavy atom. The van der Waals surface area contributed by atoms with Gasteiger partial charge in [0.05, 0.1) is 17.3 Å². The van der Waals surface area contributed by atoms with E-state index in [1.807, 2.05) is 7.05 Å². The number of nitrogens with zero attached hydrogens (tertiary/aromatic N) is 4. The van der Waals surface area contributed by atoms with Crippen molar-refractivity contribution in [2.24, 2.45) is 7.05 Å². The van der Waals surface area contributed by atoms with E-state index in [9.17, 15) is 0 Å². The van der Waals surface area contributed by atoms with Crippen LogP contribution in [0.3, 0.4) is 0 Å². The number of rotatable bonds is 3. The number of aryl methyl sites for hydroxylation is 3. The number of hydrogen-bond donors (Lipinski definition) is 0. The monoisotopic (exact) mass is 318 g/mol. The van der Waals surface area contributed by atoms with E-state index in [0.29, 0.717) is 10.9 Å². The molecule has 0 fully saturated rings. The number of halogens is 1. The highest BCUT2D eigenvalue weighted by atomic mass is 35.5. The summed E-state index contributed by atoms with van der Waals surface area (Å²) < 4.78 is 1.72. The fourth-order valence-corrected chi connectivity index (χ4v) is 3.13. The third-order valence-corrected chi connectivity index (χ3v) is 4.72. The third kappa shape index (κ3) is 2.89. The third-order valence-electron chi connectivity index (χ3n) is 3.44. The van der Waals surface area contributed by atoms with Crippen molar-refractivity contribution >= 4 is 34.4 Å². The molecule has 0 atom stereocenters. The number of benzene rings is 1. The van der Waals surface area contributed by atoms with E-state index in [1.165, 1.54) is 16.0 Å². The quantitative estimate of drug-likeness (QED) is 0.542. The standard InChI is InChI=1S/C15H15ClN4S/c1-9-4-5-11(6-10(9)2)21-8-13-18-14(16)12-7-17-20(3)15(12)19-13/h4-7H,8H2,1-3H3. The van der Waals surface area contributed by atoms with Gasteiger partial charge in [0.1, 0.15) is 11.0 Å². The first-order valence-corrected chi connectivity index (χ1v) is 7.95. The smallest absolute Gasteiger partial charge is 0.162 e. The number of fused-ring (bicyclic) bond motifs is 1. The fourth-order valence-electron chi connectivity index (χ4n) is 2.05. The first kappa shape index (κ1) is 14.4. The molecule has 0 unspecified atom stereocenters. The van der Waals surface area contributed by atoms with Gasteiger partial charge in [0.15, 0.2) is 5.65 Å². The molecule has 0 radical (unpaired) electrons. The zero-order valence-corrected chi connectivity index (χ0v) is 13.7. The lowest BCUT2D eigenvalue weighted by atomic mass is 10.1. The minimum absolute atomic E-state index is 0.462. The van der Waals surface area contributed by atoms with Gasteiger partial charge in [-0.25, -0.2) is 9.97 Å². The van der Waals surface area contributed by atoms with Gasteiger partial charge in [0.2, 0.25) is 0 Å². The summed E-state index contributed by atoms with van der Waals surface area (Å²) >= 11 is 7.90. The second-order valence-electron chi connectivity index (χ2n) is 4.97. The molecule has 0 aliphatic carbocycles. The van der Waals surface area contributed by atoms with Crippen molar-refractivity contribution in [2.75, 3.05) is 0 Å². The van der Waals surface area contributed by atoms with E-state index in [1.54, 1.807) is 22.6 Å². The molecule has 2 heterocycles. The maximum atomic E-state index is 6.19. The average molecular weight is 319 g/mol. The summed E-state index contributed by atoms with van der Waals surface area (Å²) in [4.78, 5) is 10.1. The van der Waals surface area contributed by atoms with Crippen molar-refractivity contribution in [1.82, 2.24) is 19.7 Å². The van der Waals surface area contributed by atoms with Gasteiger partial charge < -0.3 is 0 Å². The van der Waals surface area contributed by atoms with Crippen molar-refractivity contribution < 1.29 is 0 Å². The van der Waals surface area contributed by atoms with Gasteiger partial charge in [-0.3, -0.25) is 4.68 Å². The van der Waals surface area contributed by atoms with Gasteiger partial charge in [-0.2, -0.15) is 5.10 Å². The van der Waals surface area contributed by atoms with Crippen LogP contribution in [0.4, 0.5) is 0 Å². The summed E-state index contributed by atoms with van der Waals surface area (Å²) in [5.41, 5.74) is 3.36. The van der Waals surface area contributed by atoms with Gasteiger partial charge in [0, 0.05) is 11.9 Å². The van der Waals surface area contributed by atoms with Gasteiger partial charge >= 0.3 is 0 Å². The van der Waals surface area contributed by atoms with Crippen LogP contribution < -0.4 is 0 Å². The second kappa shape index (κ2) is 5.66. The van der Waals surface area contributed by atoms with Gasteiger partial charge in [-0.15, -0.1) is 11.8 Å². The van der Waals surface area contributed by atoms with E-state index in [4.69, 9.17) is 11.6 Å². The molecular weight excluding hydrogens is 304 g/mol. The topological polar surface area (TPSA) is 43.6 Å². The van der Waals surface area contributed by atoms with Crippen LogP contribution in [0.2, 0.25) is 5.15 Å². The SMILES string of the molecule is Cc1ccc(SCc2nc(Cl)c3cnn(C)c3n2)cc1C. The lowest BCUT2D eigenvalue weighted by Crippen LogP contribution is -1.98. The summed E-state index contributed by atoms with van der Waals surface area (Å²) in [7, 11) is 1.85. The van der Waals surface area contributed by atoms with E-state index in [2.05, 4.69) is 47.1 Å². The number of aromatic nitrogens is 4. The van der Waals surface area contributed by atoms with Crippen molar-refractivity contribution in [3.8, 4) is 0 Å². The molecule has 3 rings (SSSR count). The van der Waals surface area contributed by atoms with Crippen molar-refractivity contribution in [3.63, 3.8) is 0 Å². The first-order chi connectivity index (χ1) is 10.0. The molecule has 1 aromatic carbocycles. The maximum Gasteiger partial charge on any atom is 0.162 e. The summed E-state index contributed by atoms with van der Waals surface area (Å²) in [6.07, 6.45) is 1.69. The normalized spacial score (nSPS) is 11.2. The van der Waals surface area contributed by atoms with Crippen molar-refractivity contribution in [1.29, 1.82) is 0 Å². The molecule has 6 heteroatoms. The summed E-state index contributed by atoms with van der Waals surface area (Å²) in [5.74, 6) is 1.41. The molecule has 0 saturated carbocycles. The van der Waals surface area contributed by atoms with Crippen LogP contribution in [-0.2, 0) is 12.8 Å². The molecule has 4 nitrogen and oxygen atoms in total. The van der Waals surface area contributed by atoms with Crippen LogP contribution in [0.5, 0.6) is 0 Å². The van der Waals surface area contributed by atoms with E-state index in [-0.39, 0.29) is 0 Å². The molecule has 0 bridgehead atoms. The van der Waals surface area contributed by atoms with E-state index in [0.717, 1.165) is 16.9 Å². The molecule has 0 aliphatic rings. The molecule has 0 amide bonds. The van der Waals surface area contributed by atoms with Gasteiger partial charge in [-0.05, 0) is 37.1 Å². The highest BCUT2D eigenvalue weighted by Crippen LogP contribution is 2.26. The highest BCUT2D eigenvalue weighted by molar-refractivity contribution is 7.98. The Bertz CT molecular complexity index is 813. The lowest BCUT2D eigenvalue weighted by molar-refractivity contribution is 0.782. The van der Waals surface area contributed by atoms with Gasteiger partial charge in [-0.1, -0.05) is 17.7 Å². The molecule has 21 heavy (non-hydrogen) atoms. The fraction of sp³-hybridized carbons (Fsp3) is 0.267. The molecule has 2 aromatic heterocycles. The minimum Gasteiger partial charge on any atom is -0.250 e. The maximum absolute atomic E-state index is 6.19. The number of thioether (sulfide) groups is 1. The Morgan fingerprint density at radius 2 is 2.00 bits per heavy atom. The largest absolute Gasteiger partial charge is 0.250 e. The summed E-state index contributed by atoms with van der Waals surface area (Å²) in [5, 5.41) is 5.41. The van der Waals surface area contributed by atoms with Crippen molar-refractivity contribution in [2.45, 2.75) is 24.5 Å². The highest BCUT2D eigenvalue weighted by Gasteiger charge is 2.10. The first-order valence-electron chi connectivity index (χ1n) is 6.59. The van der Waals surface area contributed by atoms with Crippen LogP contribution in [0.25, 0.3) is 11.0 Å². The van der Waals surface area contributed by atoms with E-state index < -0.39 is 0 Å². The Labute approximate surface area is 132 Å². The molecular formula is C15H15ClN4S. The lowest BCUT2D eigenvalue weighted by Gasteiger charge is -2.05. The van der Waals surface area contributed by atoms with Crippen LogP contribution in [0, 0.1) is 13.8 Å². The molecule has 3 aromatic rings.